The fraction of sp³-hybridized carbons (Fsp3) is 0.276. The standard InChI is InChI=1S/C29H28BrF2N3O3Si/c1-39(2,3)11-10-38-17-34-9-8-19-15-24(30)26(33-27(19)34)25(14-18-12-20(31)16-21(32)13-18)35-28(36)22-6-4-5-7-23(22)29(35)37/h4-9,12-13,15-16,25H,10-11,14,17H2,1-3H3. The van der Waals surface area contributed by atoms with E-state index in [4.69, 9.17) is 9.72 Å². The molecule has 0 saturated carbocycles. The number of carbonyl (C=O) groups excluding carboxylic acids is 2. The van der Waals surface area contributed by atoms with E-state index in [1.165, 1.54) is 12.1 Å². The largest absolute Gasteiger partial charge is 0.361 e. The predicted octanol–water partition coefficient (Wildman–Crippen LogP) is 6.97. The molecule has 0 radical (unpaired) electrons. The Morgan fingerprint density at radius 3 is 2.23 bits per heavy atom. The summed E-state index contributed by atoms with van der Waals surface area (Å²) in [5.74, 6) is -2.43. The fourth-order valence-electron chi connectivity index (χ4n) is 4.73. The molecule has 6 nitrogen and oxygen atoms in total. The molecule has 2 aromatic heterocycles. The Bertz CT molecular complexity index is 1530. The van der Waals surface area contributed by atoms with Gasteiger partial charge in [-0.3, -0.25) is 14.5 Å². The second-order valence-electron chi connectivity index (χ2n) is 10.9. The van der Waals surface area contributed by atoms with E-state index >= 15 is 0 Å². The number of imide groups is 1. The van der Waals surface area contributed by atoms with E-state index in [0.717, 1.165) is 22.4 Å². The number of nitrogens with zero attached hydrogens (tertiary/aromatic N) is 3. The number of rotatable bonds is 9. The van der Waals surface area contributed by atoms with Crippen molar-refractivity contribution < 1.29 is 23.1 Å². The Hall–Kier alpha value is -3.21. The Labute approximate surface area is 234 Å². The third-order valence-corrected chi connectivity index (χ3v) is 9.09. The second-order valence-corrected chi connectivity index (χ2v) is 17.4. The smallest absolute Gasteiger partial charge is 0.262 e. The minimum atomic E-state index is -1.24. The van der Waals surface area contributed by atoms with E-state index in [9.17, 15) is 18.4 Å². The van der Waals surface area contributed by atoms with Crippen LogP contribution in [0.1, 0.15) is 38.0 Å². The SMILES string of the molecule is C[Si](C)(C)CCOCn1ccc2cc(Br)c(C(Cc3cc(F)cc(F)c3)N3C(=O)c4ccccc4C3=O)nc21. The molecular formula is C29H28BrF2N3O3Si. The maximum absolute atomic E-state index is 14.1. The van der Waals surface area contributed by atoms with Crippen LogP contribution in [0.2, 0.25) is 25.7 Å². The number of hydrogen-bond donors (Lipinski definition) is 0. The number of fused-ring (bicyclic) bond motifs is 2. The molecule has 1 aliphatic heterocycles. The summed E-state index contributed by atoms with van der Waals surface area (Å²) in [4.78, 5) is 33.0. The summed E-state index contributed by atoms with van der Waals surface area (Å²) < 4.78 is 36.6. The topological polar surface area (TPSA) is 64.4 Å². The normalized spacial score (nSPS) is 14.4. The lowest BCUT2D eigenvalue weighted by Crippen LogP contribution is -2.36. The zero-order chi connectivity index (χ0) is 27.9. The second kappa shape index (κ2) is 10.7. The number of pyridine rings is 1. The number of benzene rings is 2. The lowest BCUT2D eigenvalue weighted by Gasteiger charge is -2.27. The summed E-state index contributed by atoms with van der Waals surface area (Å²) in [5.41, 5.74) is 1.90. The number of carbonyl (C=O) groups is 2. The Morgan fingerprint density at radius 2 is 1.62 bits per heavy atom. The third kappa shape index (κ3) is 5.73. The molecule has 5 rings (SSSR count). The van der Waals surface area contributed by atoms with Crippen molar-refractivity contribution in [3.05, 3.63) is 99.3 Å². The number of aromatic nitrogens is 2. The van der Waals surface area contributed by atoms with Crippen LogP contribution in [0.3, 0.4) is 0 Å². The maximum atomic E-state index is 14.1. The van der Waals surface area contributed by atoms with Crippen LogP contribution in [0.15, 0.2) is 65.3 Å². The van der Waals surface area contributed by atoms with Crippen molar-refractivity contribution in [2.45, 2.75) is 44.9 Å². The van der Waals surface area contributed by atoms with Gasteiger partial charge in [0.2, 0.25) is 0 Å². The van der Waals surface area contributed by atoms with E-state index < -0.39 is 37.6 Å². The molecule has 0 saturated heterocycles. The Morgan fingerprint density at radius 1 is 0.974 bits per heavy atom. The van der Waals surface area contributed by atoms with E-state index in [0.29, 0.717) is 34.7 Å². The van der Waals surface area contributed by atoms with Gasteiger partial charge >= 0.3 is 0 Å². The summed E-state index contributed by atoms with van der Waals surface area (Å²) >= 11 is 3.58. The minimum absolute atomic E-state index is 0.0231. The van der Waals surface area contributed by atoms with Gasteiger partial charge in [-0.25, -0.2) is 13.8 Å². The van der Waals surface area contributed by atoms with Crippen molar-refractivity contribution in [3.63, 3.8) is 0 Å². The number of halogens is 3. The molecule has 3 heterocycles. The lowest BCUT2D eigenvalue weighted by molar-refractivity contribution is 0.0577. The number of ether oxygens (including phenoxy) is 1. The zero-order valence-corrected chi connectivity index (χ0v) is 24.5. The quantitative estimate of drug-likeness (QED) is 0.116. The molecule has 39 heavy (non-hydrogen) atoms. The fourth-order valence-corrected chi connectivity index (χ4v) is 6.09. The van der Waals surface area contributed by atoms with Gasteiger partial charge in [0, 0.05) is 36.8 Å². The Kier molecular flexibility index (Phi) is 7.54. The lowest BCUT2D eigenvalue weighted by atomic mass is 10.0. The van der Waals surface area contributed by atoms with Gasteiger partial charge in [0.25, 0.3) is 11.8 Å². The molecule has 10 heteroatoms. The van der Waals surface area contributed by atoms with Crippen LogP contribution < -0.4 is 0 Å². The maximum Gasteiger partial charge on any atom is 0.262 e. The molecule has 0 bridgehead atoms. The molecule has 0 fully saturated rings. The third-order valence-electron chi connectivity index (χ3n) is 6.75. The van der Waals surface area contributed by atoms with Crippen LogP contribution in [0.4, 0.5) is 8.78 Å². The van der Waals surface area contributed by atoms with E-state index in [2.05, 4.69) is 35.6 Å². The van der Waals surface area contributed by atoms with E-state index in [-0.39, 0.29) is 17.5 Å². The minimum Gasteiger partial charge on any atom is -0.361 e. The van der Waals surface area contributed by atoms with Crippen molar-refractivity contribution in [1.29, 1.82) is 0 Å². The first kappa shape index (κ1) is 27.4. The van der Waals surface area contributed by atoms with Crippen molar-refractivity contribution in [2.24, 2.45) is 0 Å². The number of hydrogen-bond acceptors (Lipinski definition) is 4. The van der Waals surface area contributed by atoms with Gasteiger partial charge in [0.05, 0.1) is 22.9 Å². The first-order chi connectivity index (χ1) is 18.5. The van der Waals surface area contributed by atoms with Crippen LogP contribution in [-0.4, -0.2) is 40.9 Å². The van der Waals surface area contributed by atoms with Crippen molar-refractivity contribution >= 4 is 46.9 Å². The monoisotopic (exact) mass is 611 g/mol. The van der Waals surface area contributed by atoms with Crippen molar-refractivity contribution in [3.8, 4) is 0 Å². The van der Waals surface area contributed by atoms with Crippen LogP contribution in [0.25, 0.3) is 11.0 Å². The highest BCUT2D eigenvalue weighted by molar-refractivity contribution is 9.10. The average molecular weight is 613 g/mol. The van der Waals surface area contributed by atoms with Gasteiger partial charge in [-0.1, -0.05) is 31.8 Å². The van der Waals surface area contributed by atoms with Crippen LogP contribution >= 0.6 is 15.9 Å². The average Bonchev–Trinajstić information content (AvgIpc) is 3.36. The molecule has 202 valence electrons. The highest BCUT2D eigenvalue weighted by Gasteiger charge is 2.41. The molecule has 1 aliphatic rings. The molecule has 4 aromatic rings. The van der Waals surface area contributed by atoms with Crippen molar-refractivity contribution in [2.75, 3.05) is 6.61 Å². The molecular weight excluding hydrogens is 584 g/mol. The predicted molar refractivity (Wildman–Crippen MR) is 151 cm³/mol. The molecule has 2 amide bonds. The van der Waals surface area contributed by atoms with Crippen LogP contribution in [-0.2, 0) is 17.9 Å². The highest BCUT2D eigenvalue weighted by atomic mass is 79.9. The zero-order valence-electron chi connectivity index (χ0n) is 21.9. The molecule has 0 aliphatic carbocycles. The summed E-state index contributed by atoms with van der Waals surface area (Å²) in [7, 11) is -1.24. The van der Waals surface area contributed by atoms with Gasteiger partial charge in [-0.2, -0.15) is 0 Å². The summed E-state index contributed by atoms with van der Waals surface area (Å²) in [6, 6.07) is 13.7. The Balaban J connectivity index is 1.55. The van der Waals surface area contributed by atoms with Crippen molar-refractivity contribution in [1.82, 2.24) is 14.5 Å². The molecule has 0 N–H and O–H groups in total. The van der Waals surface area contributed by atoms with Crippen LogP contribution in [0, 0.1) is 11.6 Å². The summed E-state index contributed by atoms with van der Waals surface area (Å²) in [5, 5.41) is 0.845. The first-order valence-electron chi connectivity index (χ1n) is 12.7. The molecule has 2 aromatic carbocycles. The molecule has 1 atom stereocenters. The van der Waals surface area contributed by atoms with Crippen LogP contribution in [0.5, 0.6) is 0 Å². The van der Waals surface area contributed by atoms with Gasteiger partial charge in [0.15, 0.2) is 0 Å². The number of amides is 2. The van der Waals surface area contributed by atoms with Gasteiger partial charge in [-0.15, -0.1) is 0 Å². The summed E-state index contributed by atoms with van der Waals surface area (Å²) in [6.07, 6.45) is 1.85. The molecule has 1 unspecified atom stereocenters. The van der Waals surface area contributed by atoms with Gasteiger partial charge in [0.1, 0.15) is 24.0 Å². The van der Waals surface area contributed by atoms with E-state index in [1.54, 1.807) is 24.3 Å². The van der Waals surface area contributed by atoms with Gasteiger partial charge < -0.3 is 9.30 Å². The summed E-state index contributed by atoms with van der Waals surface area (Å²) in [6.45, 7) is 7.81. The molecule has 0 spiro atoms. The first-order valence-corrected chi connectivity index (χ1v) is 17.2. The highest BCUT2D eigenvalue weighted by Crippen LogP contribution is 2.37. The van der Waals surface area contributed by atoms with Gasteiger partial charge in [-0.05, 0) is 70.4 Å². The van der Waals surface area contributed by atoms with E-state index in [1.807, 2.05) is 22.9 Å².